The minimum Gasteiger partial charge on any atom is -0.497 e. The van der Waals surface area contributed by atoms with Crippen LogP contribution in [0.2, 0.25) is 0 Å². The van der Waals surface area contributed by atoms with E-state index in [0.29, 0.717) is 18.5 Å². The molecule has 3 aromatic carbocycles. The maximum atomic E-state index is 13.2. The number of methoxy groups -OCH3 is 1. The summed E-state index contributed by atoms with van der Waals surface area (Å²) in [5, 5.41) is 2.97. The summed E-state index contributed by atoms with van der Waals surface area (Å²) in [4.78, 5) is 27.9. The number of amides is 2. The van der Waals surface area contributed by atoms with Gasteiger partial charge in [0.05, 0.1) is 7.11 Å². The molecule has 146 valence electrons. The van der Waals surface area contributed by atoms with Gasteiger partial charge in [0, 0.05) is 24.2 Å². The van der Waals surface area contributed by atoms with Crippen LogP contribution in [0.15, 0.2) is 78.9 Å². The second kappa shape index (κ2) is 8.19. The number of nitrogens with one attached hydrogen (secondary N) is 1. The summed E-state index contributed by atoms with van der Waals surface area (Å²) in [5.74, 6) is 0.399. The SMILES string of the molecule is COc1cccc(CNC(=O)C2Cc3ccccc3N2C(=O)c2ccccc2)c1. The smallest absolute Gasteiger partial charge is 0.259 e. The van der Waals surface area contributed by atoms with Crippen molar-refractivity contribution in [1.29, 1.82) is 0 Å². The Balaban J connectivity index is 1.56. The lowest BCUT2D eigenvalue weighted by molar-refractivity contribution is -0.122. The molecule has 1 N–H and O–H groups in total. The number of para-hydroxylation sites is 1. The topological polar surface area (TPSA) is 58.6 Å². The van der Waals surface area contributed by atoms with Crippen molar-refractivity contribution in [1.82, 2.24) is 5.32 Å². The van der Waals surface area contributed by atoms with Crippen LogP contribution in [0, 0.1) is 0 Å². The molecule has 1 unspecified atom stereocenters. The van der Waals surface area contributed by atoms with Crippen LogP contribution in [0.1, 0.15) is 21.5 Å². The molecule has 2 amide bonds. The highest BCUT2D eigenvalue weighted by molar-refractivity contribution is 6.11. The van der Waals surface area contributed by atoms with Gasteiger partial charge in [-0.2, -0.15) is 0 Å². The third kappa shape index (κ3) is 3.85. The molecule has 0 aliphatic carbocycles. The van der Waals surface area contributed by atoms with E-state index >= 15 is 0 Å². The second-order valence-corrected chi connectivity index (χ2v) is 6.96. The van der Waals surface area contributed by atoms with Gasteiger partial charge in [-0.25, -0.2) is 0 Å². The van der Waals surface area contributed by atoms with E-state index in [9.17, 15) is 9.59 Å². The highest BCUT2D eigenvalue weighted by Crippen LogP contribution is 2.33. The Morgan fingerprint density at radius 2 is 1.76 bits per heavy atom. The molecule has 1 atom stereocenters. The summed E-state index contributed by atoms with van der Waals surface area (Å²) in [6, 6.07) is 23.7. The quantitative estimate of drug-likeness (QED) is 0.729. The van der Waals surface area contributed by atoms with Crippen molar-refractivity contribution in [3.8, 4) is 5.75 Å². The average molecular weight is 386 g/mol. The number of ether oxygens (including phenoxy) is 1. The number of carbonyl (C=O) groups excluding carboxylic acids is 2. The lowest BCUT2D eigenvalue weighted by Gasteiger charge is -2.25. The molecule has 5 heteroatoms. The first-order chi connectivity index (χ1) is 14.2. The molecule has 29 heavy (non-hydrogen) atoms. The van der Waals surface area contributed by atoms with Gasteiger partial charge >= 0.3 is 0 Å². The zero-order valence-corrected chi connectivity index (χ0v) is 16.2. The summed E-state index contributed by atoms with van der Waals surface area (Å²) in [5.41, 5.74) is 3.30. The average Bonchev–Trinajstić information content (AvgIpc) is 3.17. The summed E-state index contributed by atoms with van der Waals surface area (Å²) in [7, 11) is 1.61. The first kappa shape index (κ1) is 18.7. The Kier molecular flexibility index (Phi) is 5.29. The van der Waals surface area contributed by atoms with Gasteiger partial charge in [-0.15, -0.1) is 0 Å². The Labute approximate surface area is 169 Å². The molecule has 5 nitrogen and oxygen atoms in total. The molecule has 3 aromatic rings. The van der Waals surface area contributed by atoms with Crippen LogP contribution < -0.4 is 15.0 Å². The number of fused-ring (bicyclic) bond motifs is 1. The van der Waals surface area contributed by atoms with E-state index < -0.39 is 6.04 Å². The van der Waals surface area contributed by atoms with Gasteiger partial charge in [0.2, 0.25) is 5.91 Å². The highest BCUT2D eigenvalue weighted by atomic mass is 16.5. The second-order valence-electron chi connectivity index (χ2n) is 6.96. The monoisotopic (exact) mass is 386 g/mol. The van der Waals surface area contributed by atoms with Gasteiger partial charge in [0.1, 0.15) is 11.8 Å². The predicted octanol–water partition coefficient (Wildman–Crippen LogP) is 3.58. The van der Waals surface area contributed by atoms with Crippen LogP contribution in [0.4, 0.5) is 5.69 Å². The first-order valence-electron chi connectivity index (χ1n) is 9.54. The molecule has 0 saturated carbocycles. The fourth-order valence-corrected chi connectivity index (χ4v) is 3.66. The van der Waals surface area contributed by atoms with Crippen LogP contribution in [-0.4, -0.2) is 25.0 Å². The highest BCUT2D eigenvalue weighted by Gasteiger charge is 2.38. The summed E-state index contributed by atoms with van der Waals surface area (Å²) < 4.78 is 5.24. The number of benzene rings is 3. The normalized spacial score (nSPS) is 14.9. The van der Waals surface area contributed by atoms with Crippen LogP contribution in [0.5, 0.6) is 5.75 Å². The molecule has 0 bridgehead atoms. The lowest BCUT2D eigenvalue weighted by Crippen LogP contribution is -2.48. The largest absolute Gasteiger partial charge is 0.497 e. The van der Waals surface area contributed by atoms with E-state index in [2.05, 4.69) is 5.32 Å². The fraction of sp³-hybridized carbons (Fsp3) is 0.167. The van der Waals surface area contributed by atoms with Crippen LogP contribution >= 0.6 is 0 Å². The Hall–Kier alpha value is -3.60. The number of carbonyl (C=O) groups is 2. The van der Waals surface area contributed by atoms with Crippen molar-refractivity contribution < 1.29 is 14.3 Å². The number of nitrogens with zero attached hydrogens (tertiary/aromatic N) is 1. The number of anilines is 1. The van der Waals surface area contributed by atoms with Crippen molar-refractivity contribution in [2.24, 2.45) is 0 Å². The van der Waals surface area contributed by atoms with Crippen LogP contribution in [-0.2, 0) is 17.8 Å². The first-order valence-corrected chi connectivity index (χ1v) is 9.54. The Morgan fingerprint density at radius 1 is 1.00 bits per heavy atom. The molecule has 1 aliphatic heterocycles. The van der Waals surface area contributed by atoms with Crippen molar-refractivity contribution in [2.45, 2.75) is 19.0 Å². The van der Waals surface area contributed by atoms with Gasteiger partial charge in [-0.05, 0) is 41.5 Å². The van der Waals surface area contributed by atoms with E-state index in [0.717, 1.165) is 22.6 Å². The number of hydrogen-bond donors (Lipinski definition) is 1. The van der Waals surface area contributed by atoms with Gasteiger partial charge in [0.25, 0.3) is 5.91 Å². The van der Waals surface area contributed by atoms with Crippen LogP contribution in [0.25, 0.3) is 0 Å². The lowest BCUT2D eigenvalue weighted by atomic mass is 10.1. The van der Waals surface area contributed by atoms with E-state index in [1.54, 1.807) is 24.1 Å². The minimum atomic E-state index is -0.578. The van der Waals surface area contributed by atoms with E-state index in [4.69, 9.17) is 4.74 Å². The van der Waals surface area contributed by atoms with Crippen molar-refractivity contribution in [3.63, 3.8) is 0 Å². The van der Waals surface area contributed by atoms with Gasteiger partial charge in [-0.1, -0.05) is 48.5 Å². The molecule has 1 heterocycles. The van der Waals surface area contributed by atoms with Crippen molar-refractivity contribution >= 4 is 17.5 Å². The summed E-state index contributed by atoms with van der Waals surface area (Å²) >= 11 is 0. The maximum Gasteiger partial charge on any atom is 0.259 e. The molecule has 0 fully saturated rings. The van der Waals surface area contributed by atoms with Gasteiger partial charge in [-0.3, -0.25) is 14.5 Å². The van der Waals surface area contributed by atoms with Gasteiger partial charge < -0.3 is 10.1 Å². The molecule has 4 rings (SSSR count). The molecular weight excluding hydrogens is 364 g/mol. The van der Waals surface area contributed by atoms with Crippen molar-refractivity contribution in [2.75, 3.05) is 12.0 Å². The zero-order chi connectivity index (χ0) is 20.2. The van der Waals surface area contributed by atoms with Gasteiger partial charge in [0.15, 0.2) is 0 Å². The fourth-order valence-electron chi connectivity index (χ4n) is 3.66. The Morgan fingerprint density at radius 3 is 2.55 bits per heavy atom. The summed E-state index contributed by atoms with van der Waals surface area (Å²) in [6.07, 6.45) is 0.499. The molecule has 0 aromatic heterocycles. The maximum absolute atomic E-state index is 13.2. The number of hydrogen-bond acceptors (Lipinski definition) is 3. The molecule has 0 radical (unpaired) electrons. The Bertz CT molecular complexity index is 1030. The molecule has 0 spiro atoms. The van der Waals surface area contributed by atoms with Crippen LogP contribution in [0.3, 0.4) is 0 Å². The number of rotatable bonds is 5. The third-order valence-corrected chi connectivity index (χ3v) is 5.12. The summed E-state index contributed by atoms with van der Waals surface area (Å²) in [6.45, 7) is 0.371. The van der Waals surface area contributed by atoms with E-state index in [1.807, 2.05) is 66.7 Å². The molecular formula is C24H22N2O3. The zero-order valence-electron chi connectivity index (χ0n) is 16.2. The molecule has 0 saturated heterocycles. The third-order valence-electron chi connectivity index (χ3n) is 5.12. The van der Waals surface area contributed by atoms with E-state index in [-0.39, 0.29) is 11.8 Å². The van der Waals surface area contributed by atoms with Crippen molar-refractivity contribution in [3.05, 3.63) is 95.6 Å². The standard InChI is InChI=1S/C24H22N2O3/c1-29-20-12-7-8-17(14-20)16-25-23(27)22-15-19-11-5-6-13-21(19)26(22)24(28)18-9-3-2-4-10-18/h2-14,22H,15-16H2,1H3,(H,25,27). The molecule has 1 aliphatic rings. The minimum absolute atomic E-state index is 0.169. The van der Waals surface area contributed by atoms with E-state index in [1.165, 1.54) is 0 Å². The predicted molar refractivity (Wildman–Crippen MR) is 112 cm³/mol.